The van der Waals surface area contributed by atoms with Crippen LogP contribution in [0.5, 0.6) is 0 Å². The van der Waals surface area contributed by atoms with Crippen molar-refractivity contribution in [3.8, 4) is 0 Å². The third kappa shape index (κ3) is 4.71. The van der Waals surface area contributed by atoms with E-state index in [0.717, 1.165) is 5.56 Å². The second kappa shape index (κ2) is 8.83. The van der Waals surface area contributed by atoms with Crippen LogP contribution in [0.4, 0.5) is 5.69 Å². The average molecular weight is 432 g/mol. The lowest BCUT2D eigenvalue weighted by molar-refractivity contribution is -0.114. The number of amides is 1. The molecule has 0 spiro atoms. The minimum Gasteiger partial charge on any atom is -0.371 e. The zero-order valence-corrected chi connectivity index (χ0v) is 17.3. The Bertz CT molecular complexity index is 980. The Morgan fingerprint density at radius 3 is 2.43 bits per heavy atom. The van der Waals surface area contributed by atoms with Crippen LogP contribution in [-0.4, -0.2) is 51.9 Å². The molecule has 0 unspecified atom stereocenters. The molecule has 0 saturated carbocycles. The molecule has 2 aromatic rings. The fraction of sp³-hybridized carbons (Fsp3) is 0.381. The maximum absolute atomic E-state index is 12.8. The molecule has 0 radical (unpaired) electrons. The van der Waals surface area contributed by atoms with Crippen molar-refractivity contribution >= 4 is 21.6 Å². The lowest BCUT2D eigenvalue weighted by Gasteiger charge is -2.18. The first-order valence-corrected chi connectivity index (χ1v) is 11.2. The molecule has 2 aliphatic heterocycles. The Balaban J connectivity index is 1.36. The lowest BCUT2D eigenvalue weighted by atomic mass is 10.1. The number of nitrogens with one attached hydrogen (secondary N) is 2. The van der Waals surface area contributed by atoms with Gasteiger partial charge in [-0.1, -0.05) is 30.3 Å². The molecule has 4 atom stereocenters. The van der Waals surface area contributed by atoms with Crippen LogP contribution in [0.15, 0.2) is 59.5 Å². The van der Waals surface area contributed by atoms with E-state index in [1.807, 2.05) is 30.3 Å². The summed E-state index contributed by atoms with van der Waals surface area (Å²) in [5, 5.41) is 2.61. The summed E-state index contributed by atoms with van der Waals surface area (Å²) in [4.78, 5) is 11.2. The van der Waals surface area contributed by atoms with Gasteiger partial charge in [0, 0.05) is 12.6 Å². The van der Waals surface area contributed by atoms with Crippen LogP contribution in [0.1, 0.15) is 12.5 Å². The van der Waals surface area contributed by atoms with Crippen LogP contribution in [-0.2, 0) is 35.6 Å². The summed E-state index contributed by atoms with van der Waals surface area (Å²) < 4.78 is 45.8. The quantitative estimate of drug-likeness (QED) is 0.690. The minimum atomic E-state index is -3.76. The number of ether oxygens (including phenoxy) is 3. The standard InChI is InChI=1S/C21H24N2O6S/c1-14(24)22-16-7-9-17(10-8-16)30(25,26)23-18-12-28-21-19(13-29-20(18)21)27-11-15-5-3-2-4-6-15/h2-10,18-21,23H,11-13H2,1H3,(H,22,24)/t18-,19-,20-,21+/m1/s1. The maximum atomic E-state index is 12.8. The van der Waals surface area contributed by atoms with E-state index >= 15 is 0 Å². The molecule has 2 heterocycles. The molecule has 30 heavy (non-hydrogen) atoms. The Hall–Kier alpha value is -2.30. The number of hydrogen-bond acceptors (Lipinski definition) is 6. The molecular formula is C21H24N2O6S. The third-order valence-electron chi connectivity index (χ3n) is 5.11. The second-order valence-electron chi connectivity index (χ2n) is 7.36. The number of benzene rings is 2. The van der Waals surface area contributed by atoms with Crippen molar-refractivity contribution in [3.05, 3.63) is 60.2 Å². The third-order valence-corrected chi connectivity index (χ3v) is 6.61. The van der Waals surface area contributed by atoms with Crippen molar-refractivity contribution in [2.45, 2.75) is 42.8 Å². The Morgan fingerprint density at radius 1 is 1.03 bits per heavy atom. The summed E-state index contributed by atoms with van der Waals surface area (Å²) in [6, 6.07) is 15.3. The highest BCUT2D eigenvalue weighted by atomic mass is 32.2. The predicted octanol–water partition coefficient (Wildman–Crippen LogP) is 1.67. The minimum absolute atomic E-state index is 0.106. The topological polar surface area (TPSA) is 103 Å². The van der Waals surface area contributed by atoms with Gasteiger partial charge >= 0.3 is 0 Å². The molecule has 2 saturated heterocycles. The first-order valence-electron chi connectivity index (χ1n) is 9.71. The summed E-state index contributed by atoms with van der Waals surface area (Å²) >= 11 is 0. The van der Waals surface area contributed by atoms with E-state index in [2.05, 4.69) is 10.0 Å². The summed E-state index contributed by atoms with van der Waals surface area (Å²) in [7, 11) is -3.76. The molecule has 9 heteroatoms. The first kappa shape index (κ1) is 21.0. The lowest BCUT2D eigenvalue weighted by Crippen LogP contribution is -2.44. The van der Waals surface area contributed by atoms with Crippen molar-refractivity contribution in [1.29, 1.82) is 0 Å². The van der Waals surface area contributed by atoms with Crippen LogP contribution in [0.25, 0.3) is 0 Å². The van der Waals surface area contributed by atoms with E-state index in [9.17, 15) is 13.2 Å². The van der Waals surface area contributed by atoms with Gasteiger partial charge in [-0.2, -0.15) is 0 Å². The fourth-order valence-electron chi connectivity index (χ4n) is 3.67. The second-order valence-corrected chi connectivity index (χ2v) is 9.08. The van der Waals surface area contributed by atoms with Crippen LogP contribution in [0.3, 0.4) is 0 Å². The number of rotatable bonds is 7. The molecule has 8 nitrogen and oxygen atoms in total. The highest BCUT2D eigenvalue weighted by Crippen LogP contribution is 2.30. The van der Waals surface area contributed by atoms with Gasteiger partial charge in [-0.05, 0) is 29.8 Å². The van der Waals surface area contributed by atoms with Crippen LogP contribution in [0, 0.1) is 0 Å². The zero-order chi connectivity index (χ0) is 21.1. The molecule has 2 fully saturated rings. The van der Waals surface area contributed by atoms with Gasteiger partial charge in [0.25, 0.3) is 0 Å². The summed E-state index contributed by atoms with van der Waals surface area (Å²) in [6.45, 7) is 2.40. The maximum Gasteiger partial charge on any atom is 0.240 e. The van der Waals surface area contributed by atoms with Crippen molar-refractivity contribution in [1.82, 2.24) is 4.72 Å². The van der Waals surface area contributed by atoms with Gasteiger partial charge in [0.05, 0.1) is 30.8 Å². The van der Waals surface area contributed by atoms with E-state index in [1.54, 1.807) is 12.1 Å². The van der Waals surface area contributed by atoms with Crippen molar-refractivity contribution in [2.24, 2.45) is 0 Å². The average Bonchev–Trinajstić information content (AvgIpc) is 3.30. The van der Waals surface area contributed by atoms with E-state index in [0.29, 0.717) is 18.9 Å². The van der Waals surface area contributed by atoms with E-state index in [4.69, 9.17) is 14.2 Å². The Kier molecular flexibility index (Phi) is 6.16. The molecule has 2 N–H and O–H groups in total. The summed E-state index contributed by atoms with van der Waals surface area (Å²) in [5.41, 5.74) is 1.59. The molecule has 160 valence electrons. The number of fused-ring (bicyclic) bond motifs is 1. The largest absolute Gasteiger partial charge is 0.371 e. The number of hydrogen-bond donors (Lipinski definition) is 2. The number of anilines is 1. The monoisotopic (exact) mass is 432 g/mol. The van der Waals surface area contributed by atoms with Gasteiger partial charge in [0.1, 0.15) is 18.3 Å². The number of carbonyl (C=O) groups is 1. The van der Waals surface area contributed by atoms with Gasteiger partial charge in [-0.3, -0.25) is 4.79 Å². The van der Waals surface area contributed by atoms with Gasteiger partial charge in [-0.15, -0.1) is 0 Å². The first-order chi connectivity index (χ1) is 14.4. The molecule has 0 bridgehead atoms. The van der Waals surface area contributed by atoms with Crippen molar-refractivity contribution < 1.29 is 27.4 Å². The molecule has 2 aromatic carbocycles. The number of carbonyl (C=O) groups excluding carboxylic acids is 1. The fourth-order valence-corrected chi connectivity index (χ4v) is 4.90. The molecule has 1 amide bonds. The Morgan fingerprint density at radius 2 is 1.73 bits per heavy atom. The summed E-state index contributed by atoms with van der Waals surface area (Å²) in [5.74, 6) is -0.222. The predicted molar refractivity (Wildman–Crippen MR) is 109 cm³/mol. The van der Waals surface area contributed by atoms with Crippen molar-refractivity contribution in [2.75, 3.05) is 18.5 Å². The van der Waals surface area contributed by atoms with Gasteiger partial charge in [0.2, 0.25) is 15.9 Å². The molecule has 2 aliphatic rings. The normalized spacial score (nSPS) is 25.8. The van der Waals surface area contributed by atoms with Gasteiger partial charge in [-0.25, -0.2) is 13.1 Å². The zero-order valence-electron chi connectivity index (χ0n) is 16.5. The highest BCUT2D eigenvalue weighted by Gasteiger charge is 2.49. The van der Waals surface area contributed by atoms with Gasteiger partial charge < -0.3 is 19.5 Å². The number of sulfonamides is 1. The SMILES string of the molecule is CC(=O)Nc1ccc(S(=O)(=O)N[C@@H]2CO[C@@H]3[C@@H]2OC[C@H]3OCc2ccccc2)cc1. The molecule has 0 aromatic heterocycles. The summed E-state index contributed by atoms with van der Waals surface area (Å²) in [6.07, 6.45) is -0.968. The Labute approximate surface area is 175 Å². The van der Waals surface area contributed by atoms with Crippen molar-refractivity contribution in [3.63, 3.8) is 0 Å². The molecular weight excluding hydrogens is 408 g/mol. The van der Waals surface area contributed by atoms with Gasteiger partial charge in [0.15, 0.2) is 0 Å². The van der Waals surface area contributed by atoms with E-state index in [1.165, 1.54) is 19.1 Å². The van der Waals surface area contributed by atoms with E-state index < -0.39 is 22.2 Å². The van der Waals surface area contributed by atoms with Crippen LogP contribution < -0.4 is 10.0 Å². The highest BCUT2D eigenvalue weighted by molar-refractivity contribution is 7.89. The molecule has 0 aliphatic carbocycles. The van der Waals surface area contributed by atoms with Crippen LogP contribution in [0.2, 0.25) is 0 Å². The smallest absolute Gasteiger partial charge is 0.240 e. The van der Waals surface area contributed by atoms with E-state index in [-0.39, 0.29) is 29.6 Å². The molecule has 4 rings (SSSR count). The van der Waals surface area contributed by atoms with Crippen LogP contribution >= 0.6 is 0 Å².